The largest absolute Gasteiger partial charge is 0.338 e. The highest BCUT2D eigenvalue weighted by Crippen LogP contribution is 2.26. The van der Waals surface area contributed by atoms with Gasteiger partial charge in [0.25, 0.3) is 0 Å². The minimum absolute atomic E-state index is 0.109. The summed E-state index contributed by atoms with van der Waals surface area (Å²) in [5.74, 6) is 0.813. The molecule has 1 aromatic rings. The lowest BCUT2D eigenvalue weighted by Gasteiger charge is -2.13. The van der Waals surface area contributed by atoms with E-state index in [0.717, 1.165) is 24.6 Å². The van der Waals surface area contributed by atoms with Gasteiger partial charge in [-0.05, 0) is 44.0 Å². The SMILES string of the molecule is CNC(C)c1ccc(NC(=O)NCCC2CCCC2)cc1. The molecule has 0 heterocycles. The number of hydrogen-bond acceptors (Lipinski definition) is 2. The fraction of sp³-hybridized carbons (Fsp3) is 0.588. The Balaban J connectivity index is 1.71. The first-order valence-corrected chi connectivity index (χ1v) is 8.01. The number of rotatable bonds is 6. The number of anilines is 1. The zero-order valence-corrected chi connectivity index (χ0v) is 13.1. The molecule has 116 valence electrons. The van der Waals surface area contributed by atoms with Crippen LogP contribution >= 0.6 is 0 Å². The molecule has 2 amide bonds. The third-order valence-electron chi connectivity index (χ3n) is 4.41. The third kappa shape index (κ3) is 5.05. The van der Waals surface area contributed by atoms with Gasteiger partial charge in [-0.2, -0.15) is 0 Å². The van der Waals surface area contributed by atoms with E-state index in [1.54, 1.807) is 0 Å². The lowest BCUT2D eigenvalue weighted by molar-refractivity contribution is 0.251. The normalized spacial score (nSPS) is 16.7. The van der Waals surface area contributed by atoms with E-state index in [0.29, 0.717) is 6.04 Å². The monoisotopic (exact) mass is 289 g/mol. The molecular formula is C17H27N3O. The smallest absolute Gasteiger partial charge is 0.319 e. The summed E-state index contributed by atoms with van der Waals surface area (Å²) in [5, 5.41) is 9.02. The first-order chi connectivity index (χ1) is 10.2. The maximum Gasteiger partial charge on any atom is 0.319 e. The first-order valence-electron chi connectivity index (χ1n) is 8.01. The molecule has 4 heteroatoms. The van der Waals surface area contributed by atoms with Gasteiger partial charge in [-0.25, -0.2) is 4.79 Å². The van der Waals surface area contributed by atoms with Crippen LogP contribution in [0, 0.1) is 5.92 Å². The Labute approximate surface area is 127 Å². The Morgan fingerprint density at radius 2 is 1.90 bits per heavy atom. The molecule has 0 spiro atoms. The standard InChI is InChI=1S/C17H27N3O/c1-13(18-2)15-7-9-16(10-8-15)20-17(21)19-12-11-14-5-3-4-6-14/h7-10,13-14,18H,3-6,11-12H2,1-2H3,(H2,19,20,21). The van der Waals surface area contributed by atoms with Crippen molar-refractivity contribution in [1.82, 2.24) is 10.6 Å². The van der Waals surface area contributed by atoms with Crippen molar-refractivity contribution in [2.45, 2.75) is 45.1 Å². The van der Waals surface area contributed by atoms with Crippen LogP contribution < -0.4 is 16.0 Å². The van der Waals surface area contributed by atoms with Crippen molar-refractivity contribution in [3.8, 4) is 0 Å². The lowest BCUT2D eigenvalue weighted by Crippen LogP contribution is -2.30. The van der Waals surface area contributed by atoms with Crippen LogP contribution in [0.3, 0.4) is 0 Å². The Morgan fingerprint density at radius 3 is 2.52 bits per heavy atom. The first kappa shape index (κ1) is 15.8. The number of nitrogens with one attached hydrogen (secondary N) is 3. The van der Waals surface area contributed by atoms with Gasteiger partial charge in [0.1, 0.15) is 0 Å². The van der Waals surface area contributed by atoms with Crippen molar-refractivity contribution in [2.75, 3.05) is 18.9 Å². The van der Waals surface area contributed by atoms with Gasteiger partial charge in [-0.3, -0.25) is 0 Å². The summed E-state index contributed by atoms with van der Waals surface area (Å²) in [7, 11) is 1.94. The van der Waals surface area contributed by atoms with E-state index < -0.39 is 0 Å². The molecule has 3 N–H and O–H groups in total. The van der Waals surface area contributed by atoms with Crippen LogP contribution in [0.5, 0.6) is 0 Å². The minimum atomic E-state index is -0.109. The van der Waals surface area contributed by atoms with Crippen molar-refractivity contribution < 1.29 is 4.79 Å². The number of amides is 2. The molecule has 0 aliphatic heterocycles. The fourth-order valence-electron chi connectivity index (χ4n) is 2.89. The number of urea groups is 1. The molecule has 1 saturated carbocycles. The average Bonchev–Trinajstić information content (AvgIpc) is 3.00. The van der Waals surface area contributed by atoms with Gasteiger partial charge in [-0.1, -0.05) is 37.8 Å². The Kier molecular flexibility index (Phi) is 6.05. The van der Waals surface area contributed by atoms with Crippen LogP contribution in [-0.4, -0.2) is 19.6 Å². The fourth-order valence-corrected chi connectivity index (χ4v) is 2.89. The van der Waals surface area contributed by atoms with E-state index in [9.17, 15) is 4.79 Å². The van der Waals surface area contributed by atoms with Crippen molar-refractivity contribution >= 4 is 11.7 Å². The van der Waals surface area contributed by atoms with E-state index in [1.165, 1.54) is 31.2 Å². The second kappa shape index (κ2) is 8.03. The molecule has 1 aliphatic rings. The molecule has 1 aromatic carbocycles. The molecule has 1 unspecified atom stereocenters. The van der Waals surface area contributed by atoms with Crippen LogP contribution in [-0.2, 0) is 0 Å². The van der Waals surface area contributed by atoms with Crippen molar-refractivity contribution in [3.05, 3.63) is 29.8 Å². The minimum Gasteiger partial charge on any atom is -0.338 e. The summed E-state index contributed by atoms with van der Waals surface area (Å²) in [5.41, 5.74) is 2.05. The third-order valence-corrected chi connectivity index (χ3v) is 4.41. The highest BCUT2D eigenvalue weighted by Gasteiger charge is 2.14. The zero-order valence-electron chi connectivity index (χ0n) is 13.1. The van der Waals surface area contributed by atoms with Crippen LogP contribution in [0.1, 0.15) is 50.6 Å². The van der Waals surface area contributed by atoms with E-state index in [-0.39, 0.29) is 6.03 Å². The van der Waals surface area contributed by atoms with Gasteiger partial charge >= 0.3 is 6.03 Å². The van der Waals surface area contributed by atoms with Gasteiger partial charge in [0.15, 0.2) is 0 Å². The quantitative estimate of drug-likeness (QED) is 0.748. The van der Waals surface area contributed by atoms with Crippen LogP contribution in [0.4, 0.5) is 10.5 Å². The predicted molar refractivity (Wildman–Crippen MR) is 87.5 cm³/mol. The summed E-state index contributed by atoms with van der Waals surface area (Å²) in [6, 6.07) is 8.17. The molecule has 0 radical (unpaired) electrons. The molecule has 1 atom stereocenters. The molecule has 0 aromatic heterocycles. The molecular weight excluding hydrogens is 262 g/mol. The summed E-state index contributed by atoms with van der Waals surface area (Å²) < 4.78 is 0. The van der Waals surface area contributed by atoms with Crippen molar-refractivity contribution in [3.63, 3.8) is 0 Å². The lowest BCUT2D eigenvalue weighted by atomic mass is 10.0. The van der Waals surface area contributed by atoms with Gasteiger partial charge in [0.05, 0.1) is 0 Å². The van der Waals surface area contributed by atoms with Crippen LogP contribution in [0.25, 0.3) is 0 Å². The Morgan fingerprint density at radius 1 is 1.24 bits per heavy atom. The summed E-state index contributed by atoms with van der Waals surface area (Å²) >= 11 is 0. The highest BCUT2D eigenvalue weighted by molar-refractivity contribution is 5.89. The molecule has 1 aliphatic carbocycles. The van der Waals surface area contributed by atoms with Crippen molar-refractivity contribution in [2.24, 2.45) is 5.92 Å². The second-order valence-corrected chi connectivity index (χ2v) is 5.95. The zero-order chi connectivity index (χ0) is 15.1. The molecule has 21 heavy (non-hydrogen) atoms. The predicted octanol–water partition coefficient (Wildman–Crippen LogP) is 3.67. The van der Waals surface area contributed by atoms with E-state index in [4.69, 9.17) is 0 Å². The maximum atomic E-state index is 11.8. The van der Waals surface area contributed by atoms with E-state index in [2.05, 4.69) is 22.9 Å². The summed E-state index contributed by atoms with van der Waals surface area (Å²) in [4.78, 5) is 11.8. The molecule has 0 saturated heterocycles. The highest BCUT2D eigenvalue weighted by atomic mass is 16.2. The summed E-state index contributed by atoms with van der Waals surface area (Å²) in [6.07, 6.45) is 6.47. The van der Waals surface area contributed by atoms with E-state index in [1.807, 2.05) is 31.3 Å². The molecule has 0 bridgehead atoms. The Bertz CT molecular complexity index is 438. The van der Waals surface area contributed by atoms with Crippen LogP contribution in [0.15, 0.2) is 24.3 Å². The van der Waals surface area contributed by atoms with E-state index >= 15 is 0 Å². The second-order valence-electron chi connectivity index (χ2n) is 5.95. The molecule has 4 nitrogen and oxygen atoms in total. The summed E-state index contributed by atoms with van der Waals surface area (Å²) in [6.45, 7) is 2.88. The number of hydrogen-bond donors (Lipinski definition) is 3. The van der Waals surface area contributed by atoms with Gasteiger partial charge in [0, 0.05) is 18.3 Å². The molecule has 2 rings (SSSR count). The number of carbonyl (C=O) groups excluding carboxylic acids is 1. The van der Waals surface area contributed by atoms with Crippen molar-refractivity contribution in [1.29, 1.82) is 0 Å². The molecule has 1 fully saturated rings. The van der Waals surface area contributed by atoms with Gasteiger partial charge in [-0.15, -0.1) is 0 Å². The number of benzene rings is 1. The average molecular weight is 289 g/mol. The van der Waals surface area contributed by atoms with Gasteiger partial charge < -0.3 is 16.0 Å². The number of carbonyl (C=O) groups is 1. The Hall–Kier alpha value is -1.55. The van der Waals surface area contributed by atoms with Crippen LogP contribution in [0.2, 0.25) is 0 Å². The van der Waals surface area contributed by atoms with Gasteiger partial charge in [0.2, 0.25) is 0 Å². The maximum absolute atomic E-state index is 11.8. The topological polar surface area (TPSA) is 53.2 Å².